The van der Waals surface area contributed by atoms with E-state index in [-0.39, 0.29) is 0 Å². The van der Waals surface area contributed by atoms with E-state index >= 15 is 0 Å². The molecule has 0 aliphatic rings. The molecular weight excluding hydrogens is 284 g/mol. The van der Waals surface area contributed by atoms with Gasteiger partial charge in [-0.2, -0.15) is 0 Å². The van der Waals surface area contributed by atoms with E-state index in [9.17, 15) is 0 Å². The van der Waals surface area contributed by atoms with E-state index in [0.717, 1.165) is 5.75 Å². The van der Waals surface area contributed by atoms with Gasteiger partial charge in [-0.15, -0.1) is 0 Å². The summed E-state index contributed by atoms with van der Waals surface area (Å²) < 4.78 is 5.31. The zero-order valence-corrected chi connectivity index (χ0v) is 15.5. The Morgan fingerprint density at radius 3 is 1.64 bits per heavy atom. The van der Waals surface area contributed by atoms with Crippen molar-refractivity contribution >= 4 is 18.4 Å². The first kappa shape index (κ1) is 16.8. The first-order valence-electron chi connectivity index (χ1n) is 8.32. The predicted octanol–water partition coefficient (Wildman–Crippen LogP) is 4.42. The molecule has 0 spiro atoms. The zero-order chi connectivity index (χ0) is 16.2. The van der Waals surface area contributed by atoms with Gasteiger partial charge in [0, 0.05) is 0 Å². The molecule has 0 aliphatic heterocycles. The highest BCUT2D eigenvalue weighted by Crippen LogP contribution is 2.20. The van der Waals surface area contributed by atoms with Gasteiger partial charge in [0.15, 0.2) is 0 Å². The van der Waals surface area contributed by atoms with Crippen molar-refractivity contribution in [3.8, 4) is 5.75 Å². The van der Waals surface area contributed by atoms with E-state index in [4.69, 9.17) is 4.74 Å². The maximum absolute atomic E-state index is 5.31. The minimum Gasteiger partial charge on any atom is -0.497 e. The molecule has 0 aromatic heterocycles. The van der Waals surface area contributed by atoms with Crippen LogP contribution in [0.25, 0.3) is 0 Å². The minimum atomic E-state index is -1.64. The molecule has 0 fully saturated rings. The average molecular weight is 313 g/mol. The molecule has 0 heterocycles. The second-order valence-electron chi connectivity index (χ2n) is 6.29. The van der Waals surface area contributed by atoms with Crippen LogP contribution in [0.2, 0.25) is 12.1 Å². The average Bonchev–Trinajstić information content (AvgIpc) is 2.57. The molecule has 0 unspecified atom stereocenters. The summed E-state index contributed by atoms with van der Waals surface area (Å²) in [4.78, 5) is 0. The number of ether oxygens (including phenoxy) is 1. The number of rotatable bonds is 6. The molecule has 22 heavy (non-hydrogen) atoms. The highest BCUT2D eigenvalue weighted by Gasteiger charge is 2.33. The number of benzene rings is 2. The van der Waals surface area contributed by atoms with Crippen LogP contribution in [0.4, 0.5) is 0 Å². The van der Waals surface area contributed by atoms with Crippen LogP contribution in [0.1, 0.15) is 39.2 Å². The van der Waals surface area contributed by atoms with E-state index in [0.29, 0.717) is 5.92 Å². The maximum atomic E-state index is 5.31. The molecule has 0 N–H and O–H groups in total. The van der Waals surface area contributed by atoms with Gasteiger partial charge in [-0.3, -0.25) is 0 Å². The molecular formula is C20H28OSi. The Kier molecular flexibility index (Phi) is 5.46. The van der Waals surface area contributed by atoms with Crippen molar-refractivity contribution in [2.45, 2.75) is 45.7 Å². The quantitative estimate of drug-likeness (QED) is 0.717. The molecule has 0 atom stereocenters. The van der Waals surface area contributed by atoms with Crippen LogP contribution < -0.4 is 15.1 Å². The molecule has 2 aromatic rings. The maximum Gasteiger partial charge on any atom is 0.118 e. The van der Waals surface area contributed by atoms with Crippen LogP contribution in [-0.4, -0.2) is 15.2 Å². The van der Waals surface area contributed by atoms with E-state index in [1.807, 2.05) is 0 Å². The summed E-state index contributed by atoms with van der Waals surface area (Å²) in [5.74, 6) is 1.53. The van der Waals surface area contributed by atoms with Gasteiger partial charge in [0.25, 0.3) is 0 Å². The van der Waals surface area contributed by atoms with Crippen LogP contribution in [0.15, 0.2) is 48.5 Å². The largest absolute Gasteiger partial charge is 0.497 e. The standard InChI is InChI=1S/C20H28OSi/c1-6-22(7-2,20-14-10-18(21-5)11-15-20)19-12-8-17(9-13-19)16(3)4/h8-16H,6-7H2,1-5H3. The third kappa shape index (κ3) is 3.12. The third-order valence-corrected chi connectivity index (χ3v) is 10.3. The summed E-state index contributed by atoms with van der Waals surface area (Å²) in [5.41, 5.74) is 1.42. The van der Waals surface area contributed by atoms with Gasteiger partial charge in [0.2, 0.25) is 0 Å². The Bertz CT molecular complexity index is 580. The molecule has 2 aromatic carbocycles. The summed E-state index contributed by atoms with van der Waals surface area (Å²) in [7, 11) is 0.0816. The predicted molar refractivity (Wildman–Crippen MR) is 99.5 cm³/mol. The van der Waals surface area contributed by atoms with Gasteiger partial charge in [0.1, 0.15) is 13.8 Å². The van der Waals surface area contributed by atoms with Crippen molar-refractivity contribution < 1.29 is 4.74 Å². The first-order valence-corrected chi connectivity index (χ1v) is 10.7. The Hall–Kier alpha value is -1.54. The van der Waals surface area contributed by atoms with Crippen LogP contribution in [0, 0.1) is 0 Å². The summed E-state index contributed by atoms with van der Waals surface area (Å²) in [5, 5.41) is 3.06. The van der Waals surface area contributed by atoms with Gasteiger partial charge in [-0.1, -0.05) is 86.6 Å². The lowest BCUT2D eigenvalue weighted by atomic mass is 10.0. The lowest BCUT2D eigenvalue weighted by molar-refractivity contribution is 0.415. The van der Waals surface area contributed by atoms with Crippen molar-refractivity contribution in [3.63, 3.8) is 0 Å². The molecule has 0 bridgehead atoms. The fourth-order valence-electron chi connectivity index (χ4n) is 3.33. The Labute approximate surface area is 136 Å². The first-order chi connectivity index (χ1) is 10.6. The van der Waals surface area contributed by atoms with Gasteiger partial charge in [-0.25, -0.2) is 0 Å². The normalized spacial score (nSPS) is 11.7. The Morgan fingerprint density at radius 2 is 1.27 bits per heavy atom. The van der Waals surface area contributed by atoms with E-state index in [1.165, 1.54) is 22.8 Å². The van der Waals surface area contributed by atoms with Crippen molar-refractivity contribution in [1.82, 2.24) is 0 Å². The summed E-state index contributed by atoms with van der Waals surface area (Å²) in [6.07, 6.45) is 0. The van der Waals surface area contributed by atoms with Gasteiger partial charge in [0.05, 0.1) is 7.11 Å². The highest BCUT2D eigenvalue weighted by atomic mass is 28.3. The summed E-state index contributed by atoms with van der Waals surface area (Å²) in [6, 6.07) is 20.6. The minimum absolute atomic E-state index is 0.592. The number of methoxy groups -OCH3 is 1. The smallest absolute Gasteiger partial charge is 0.118 e. The Balaban J connectivity index is 2.46. The van der Waals surface area contributed by atoms with Crippen LogP contribution in [-0.2, 0) is 0 Å². The van der Waals surface area contributed by atoms with Crippen molar-refractivity contribution in [2.24, 2.45) is 0 Å². The second kappa shape index (κ2) is 7.15. The lowest BCUT2D eigenvalue weighted by Crippen LogP contribution is -2.57. The van der Waals surface area contributed by atoms with Gasteiger partial charge >= 0.3 is 0 Å². The lowest BCUT2D eigenvalue weighted by Gasteiger charge is -2.31. The van der Waals surface area contributed by atoms with Crippen LogP contribution in [0.5, 0.6) is 5.75 Å². The van der Waals surface area contributed by atoms with Crippen molar-refractivity contribution in [1.29, 1.82) is 0 Å². The molecule has 0 amide bonds. The highest BCUT2D eigenvalue weighted by molar-refractivity contribution is 7.02. The van der Waals surface area contributed by atoms with E-state index in [1.54, 1.807) is 12.3 Å². The molecule has 2 rings (SSSR count). The molecule has 2 heteroatoms. The van der Waals surface area contributed by atoms with Gasteiger partial charge in [-0.05, 0) is 23.6 Å². The van der Waals surface area contributed by atoms with E-state index in [2.05, 4.69) is 76.2 Å². The SMILES string of the molecule is CC[Si](CC)(c1ccc(OC)cc1)c1ccc(C(C)C)cc1. The van der Waals surface area contributed by atoms with Crippen molar-refractivity contribution in [3.05, 3.63) is 54.1 Å². The molecule has 1 nitrogen and oxygen atoms in total. The molecule has 0 saturated carbocycles. The number of hydrogen-bond acceptors (Lipinski definition) is 1. The number of hydrogen-bond donors (Lipinski definition) is 0. The topological polar surface area (TPSA) is 9.23 Å². The summed E-state index contributed by atoms with van der Waals surface area (Å²) >= 11 is 0. The van der Waals surface area contributed by atoms with Crippen molar-refractivity contribution in [2.75, 3.05) is 7.11 Å². The molecule has 0 saturated heterocycles. The molecule has 0 aliphatic carbocycles. The molecule has 118 valence electrons. The fraction of sp³-hybridized carbons (Fsp3) is 0.400. The Morgan fingerprint density at radius 1 is 0.818 bits per heavy atom. The molecule has 0 radical (unpaired) electrons. The monoisotopic (exact) mass is 312 g/mol. The fourth-order valence-corrected chi connectivity index (χ4v) is 7.41. The van der Waals surface area contributed by atoms with E-state index < -0.39 is 8.07 Å². The van der Waals surface area contributed by atoms with Gasteiger partial charge < -0.3 is 4.74 Å². The second-order valence-corrected chi connectivity index (χ2v) is 11.0. The van der Waals surface area contributed by atoms with Crippen LogP contribution in [0.3, 0.4) is 0 Å². The summed E-state index contributed by atoms with van der Waals surface area (Å²) in [6.45, 7) is 9.19. The zero-order valence-electron chi connectivity index (χ0n) is 14.5. The third-order valence-electron chi connectivity index (χ3n) is 4.98. The van der Waals surface area contributed by atoms with Crippen LogP contribution >= 0.6 is 0 Å².